The Hall–Kier alpha value is -3.63. The minimum absolute atomic E-state index is 0.370. The number of nitrogens with zero attached hydrogens (tertiary/aromatic N) is 3. The molecular formula is C19H14ClN5O2. The van der Waals surface area contributed by atoms with Gasteiger partial charge in [0.2, 0.25) is 0 Å². The molecule has 0 saturated carbocycles. The van der Waals surface area contributed by atoms with E-state index in [-0.39, 0.29) is 0 Å². The van der Waals surface area contributed by atoms with Crippen molar-refractivity contribution in [3.8, 4) is 6.07 Å². The number of halogens is 1. The Labute approximate surface area is 160 Å². The van der Waals surface area contributed by atoms with Crippen molar-refractivity contribution in [1.29, 1.82) is 5.26 Å². The molecule has 3 rings (SSSR count). The molecule has 134 valence electrons. The van der Waals surface area contributed by atoms with Crippen LogP contribution in [-0.4, -0.2) is 23.0 Å². The number of esters is 1. The number of anilines is 4. The van der Waals surface area contributed by atoms with Crippen LogP contribution in [0.5, 0.6) is 0 Å². The molecule has 1 aromatic heterocycles. The van der Waals surface area contributed by atoms with Gasteiger partial charge in [-0.15, -0.1) is 0 Å². The smallest absolute Gasteiger partial charge is 0.337 e. The van der Waals surface area contributed by atoms with E-state index in [2.05, 4.69) is 26.7 Å². The van der Waals surface area contributed by atoms with Gasteiger partial charge in [0.15, 0.2) is 0 Å². The lowest BCUT2D eigenvalue weighted by atomic mass is 10.2. The average Bonchev–Trinajstić information content (AvgIpc) is 2.70. The molecule has 0 unspecified atom stereocenters. The van der Waals surface area contributed by atoms with Gasteiger partial charge in [0.05, 0.1) is 35.0 Å². The van der Waals surface area contributed by atoms with Gasteiger partial charge in [-0.2, -0.15) is 5.26 Å². The molecule has 0 saturated heterocycles. The van der Waals surface area contributed by atoms with E-state index in [9.17, 15) is 4.79 Å². The largest absolute Gasteiger partial charge is 0.465 e. The van der Waals surface area contributed by atoms with E-state index >= 15 is 0 Å². The minimum Gasteiger partial charge on any atom is -0.465 e. The fourth-order valence-electron chi connectivity index (χ4n) is 2.27. The van der Waals surface area contributed by atoms with Crippen LogP contribution in [0.1, 0.15) is 15.9 Å². The number of aromatic nitrogens is 2. The first kappa shape index (κ1) is 18.2. The lowest BCUT2D eigenvalue weighted by Crippen LogP contribution is -2.03. The fraction of sp³-hybridized carbons (Fsp3) is 0.0526. The van der Waals surface area contributed by atoms with Crippen LogP contribution in [0.25, 0.3) is 0 Å². The lowest BCUT2D eigenvalue weighted by Gasteiger charge is -2.11. The molecule has 8 heteroatoms. The normalized spacial score (nSPS) is 9.96. The van der Waals surface area contributed by atoms with Crippen LogP contribution in [-0.2, 0) is 4.74 Å². The average molecular weight is 380 g/mol. The summed E-state index contributed by atoms with van der Waals surface area (Å²) in [4.78, 5) is 20.0. The van der Waals surface area contributed by atoms with Gasteiger partial charge in [0.25, 0.3) is 0 Å². The molecule has 0 aliphatic rings. The van der Waals surface area contributed by atoms with Crippen molar-refractivity contribution in [2.24, 2.45) is 0 Å². The monoisotopic (exact) mass is 379 g/mol. The first-order chi connectivity index (χ1) is 13.1. The van der Waals surface area contributed by atoms with Crippen LogP contribution < -0.4 is 10.6 Å². The van der Waals surface area contributed by atoms with E-state index in [0.29, 0.717) is 33.5 Å². The highest BCUT2D eigenvalue weighted by molar-refractivity contribution is 6.33. The molecule has 0 atom stereocenters. The van der Waals surface area contributed by atoms with Gasteiger partial charge >= 0.3 is 5.97 Å². The molecule has 2 N–H and O–H groups in total. The van der Waals surface area contributed by atoms with Crippen molar-refractivity contribution in [1.82, 2.24) is 9.97 Å². The maximum atomic E-state index is 11.7. The number of carbonyl (C=O) groups excluding carboxylic acids is 1. The number of methoxy groups -OCH3 is 1. The van der Waals surface area contributed by atoms with Crippen molar-refractivity contribution in [2.45, 2.75) is 0 Å². The van der Waals surface area contributed by atoms with Gasteiger partial charge in [0, 0.05) is 11.8 Å². The Bertz CT molecular complexity index is 1020. The van der Waals surface area contributed by atoms with Crippen molar-refractivity contribution < 1.29 is 9.53 Å². The molecule has 0 radical (unpaired) electrons. The molecule has 2 aromatic carbocycles. The zero-order chi connectivity index (χ0) is 19.2. The van der Waals surface area contributed by atoms with E-state index in [1.165, 1.54) is 13.4 Å². The third-order valence-corrected chi connectivity index (χ3v) is 3.93. The van der Waals surface area contributed by atoms with Crippen LogP contribution in [0.15, 0.2) is 54.9 Å². The Morgan fingerprint density at radius 3 is 2.44 bits per heavy atom. The minimum atomic E-state index is -0.458. The first-order valence-electron chi connectivity index (χ1n) is 7.83. The van der Waals surface area contributed by atoms with Gasteiger partial charge < -0.3 is 15.4 Å². The Kier molecular flexibility index (Phi) is 5.50. The van der Waals surface area contributed by atoms with Gasteiger partial charge in [-0.3, -0.25) is 0 Å². The number of benzene rings is 2. The second-order valence-corrected chi connectivity index (χ2v) is 5.82. The van der Waals surface area contributed by atoms with Crippen molar-refractivity contribution in [3.63, 3.8) is 0 Å². The second kappa shape index (κ2) is 8.17. The maximum absolute atomic E-state index is 11.7. The number of nitriles is 1. The topological polar surface area (TPSA) is 99.9 Å². The number of ether oxygens (including phenoxy) is 1. The Morgan fingerprint density at radius 2 is 1.78 bits per heavy atom. The highest BCUT2D eigenvalue weighted by Crippen LogP contribution is 2.27. The summed E-state index contributed by atoms with van der Waals surface area (Å²) in [7, 11) is 1.32. The number of nitrogens with one attached hydrogen (secondary N) is 2. The van der Waals surface area contributed by atoms with Crippen LogP contribution in [0.3, 0.4) is 0 Å². The number of carbonyl (C=O) groups is 1. The molecule has 0 bridgehead atoms. The van der Waals surface area contributed by atoms with Crippen molar-refractivity contribution >= 4 is 40.6 Å². The molecule has 0 spiro atoms. The van der Waals surface area contributed by atoms with E-state index < -0.39 is 5.97 Å². The van der Waals surface area contributed by atoms with Gasteiger partial charge in [0.1, 0.15) is 18.0 Å². The summed E-state index contributed by atoms with van der Waals surface area (Å²) < 4.78 is 4.72. The van der Waals surface area contributed by atoms with E-state index in [1.807, 2.05) is 0 Å². The van der Waals surface area contributed by atoms with E-state index in [0.717, 1.165) is 5.69 Å². The molecule has 27 heavy (non-hydrogen) atoms. The fourth-order valence-corrected chi connectivity index (χ4v) is 2.44. The lowest BCUT2D eigenvalue weighted by molar-refractivity contribution is 0.0601. The predicted molar refractivity (Wildman–Crippen MR) is 103 cm³/mol. The molecule has 3 aromatic rings. The summed E-state index contributed by atoms with van der Waals surface area (Å²) in [6.45, 7) is 0. The third-order valence-electron chi connectivity index (χ3n) is 3.60. The predicted octanol–water partition coefficient (Wildman–Crippen LogP) is 4.28. The van der Waals surface area contributed by atoms with Crippen LogP contribution in [0, 0.1) is 11.3 Å². The quantitative estimate of drug-likeness (QED) is 0.638. The first-order valence-corrected chi connectivity index (χ1v) is 8.21. The second-order valence-electron chi connectivity index (χ2n) is 5.41. The zero-order valence-electron chi connectivity index (χ0n) is 14.2. The van der Waals surface area contributed by atoms with Gasteiger partial charge in [-0.1, -0.05) is 11.6 Å². The Balaban J connectivity index is 1.79. The molecule has 0 amide bonds. The summed E-state index contributed by atoms with van der Waals surface area (Å²) in [5.74, 6) is 0.586. The summed E-state index contributed by atoms with van der Waals surface area (Å²) in [6.07, 6.45) is 1.40. The Morgan fingerprint density at radius 1 is 1.07 bits per heavy atom. The molecule has 7 nitrogen and oxygen atoms in total. The molecule has 0 aliphatic heterocycles. The molecule has 0 aliphatic carbocycles. The summed E-state index contributed by atoms with van der Waals surface area (Å²) >= 11 is 6.19. The number of hydrogen-bond acceptors (Lipinski definition) is 7. The summed E-state index contributed by atoms with van der Waals surface area (Å²) in [6, 6.07) is 15.5. The third kappa shape index (κ3) is 4.51. The number of hydrogen-bond donors (Lipinski definition) is 2. The molecule has 0 fully saturated rings. The van der Waals surface area contributed by atoms with E-state index in [1.54, 1.807) is 48.5 Å². The van der Waals surface area contributed by atoms with Crippen LogP contribution >= 0.6 is 11.6 Å². The maximum Gasteiger partial charge on any atom is 0.337 e. The highest BCUT2D eigenvalue weighted by Gasteiger charge is 2.10. The summed E-state index contributed by atoms with van der Waals surface area (Å²) in [5.41, 5.74) is 2.24. The standard InChI is InChI=1S/C19H14ClN5O2/c1-27-19(26)13-4-7-15(20)16(8-13)25-18-9-17(22-11-23-18)24-14-5-2-12(10-21)3-6-14/h2-9,11H,1H3,(H2,22,23,24,25). The SMILES string of the molecule is COC(=O)c1ccc(Cl)c(Nc2cc(Nc3ccc(C#N)cc3)ncn2)c1. The van der Waals surface area contributed by atoms with Gasteiger partial charge in [-0.25, -0.2) is 14.8 Å². The summed E-state index contributed by atoms with van der Waals surface area (Å²) in [5, 5.41) is 15.5. The van der Waals surface area contributed by atoms with Crippen LogP contribution in [0.2, 0.25) is 5.02 Å². The molecule has 1 heterocycles. The highest BCUT2D eigenvalue weighted by atomic mass is 35.5. The van der Waals surface area contributed by atoms with E-state index in [4.69, 9.17) is 21.6 Å². The van der Waals surface area contributed by atoms with Gasteiger partial charge in [-0.05, 0) is 42.5 Å². The number of rotatable bonds is 5. The zero-order valence-corrected chi connectivity index (χ0v) is 15.0. The van der Waals surface area contributed by atoms with Crippen LogP contribution in [0.4, 0.5) is 23.0 Å². The molecular weight excluding hydrogens is 366 g/mol. The van der Waals surface area contributed by atoms with Crippen molar-refractivity contribution in [2.75, 3.05) is 17.7 Å². The van der Waals surface area contributed by atoms with Crippen molar-refractivity contribution in [3.05, 3.63) is 71.0 Å².